The third-order valence-electron chi connectivity index (χ3n) is 3.96. The Balaban J connectivity index is 0.00000208. The van der Waals surface area contributed by atoms with E-state index in [2.05, 4.69) is 20.7 Å². The lowest BCUT2D eigenvalue weighted by Gasteiger charge is -2.26. The van der Waals surface area contributed by atoms with Gasteiger partial charge in [0.25, 0.3) is 0 Å². The molecule has 0 aliphatic heterocycles. The van der Waals surface area contributed by atoms with E-state index in [9.17, 15) is 12.8 Å². The summed E-state index contributed by atoms with van der Waals surface area (Å²) in [6, 6.07) is 8.77. The monoisotopic (exact) mass is 434 g/mol. The minimum Gasteiger partial charge on any atom is -0.399 e. The quantitative estimate of drug-likeness (QED) is 0.717. The molecule has 0 bridgehead atoms. The molecule has 8 heteroatoms. The predicted octanol–water partition coefficient (Wildman–Crippen LogP) is 3.95. The van der Waals surface area contributed by atoms with Crippen LogP contribution in [0.1, 0.15) is 30.0 Å². The molecule has 2 aromatic rings. The maximum atomic E-state index is 13.2. The molecule has 2 aromatic carbocycles. The Morgan fingerprint density at radius 1 is 1.21 bits per heavy atom. The van der Waals surface area contributed by atoms with Crippen molar-refractivity contribution in [3.63, 3.8) is 0 Å². The third kappa shape index (κ3) is 3.91. The predicted molar refractivity (Wildman–Crippen MR) is 98.2 cm³/mol. The zero-order valence-corrected chi connectivity index (χ0v) is 15.8. The molecule has 0 heterocycles. The van der Waals surface area contributed by atoms with E-state index in [1.54, 1.807) is 6.07 Å². The molecule has 4 nitrogen and oxygen atoms in total. The molecule has 0 amide bonds. The van der Waals surface area contributed by atoms with Crippen LogP contribution in [-0.2, 0) is 16.4 Å². The Labute approximate surface area is 155 Å². The molecule has 1 aliphatic carbocycles. The second-order valence-electron chi connectivity index (χ2n) is 5.60. The summed E-state index contributed by atoms with van der Waals surface area (Å²) in [5, 5.41) is 0. The van der Waals surface area contributed by atoms with Gasteiger partial charge in [0.1, 0.15) is 5.82 Å². The van der Waals surface area contributed by atoms with Gasteiger partial charge in [0, 0.05) is 16.2 Å². The lowest BCUT2D eigenvalue weighted by molar-refractivity contribution is 0.507. The largest absolute Gasteiger partial charge is 0.399 e. The molecular weight excluding hydrogens is 419 g/mol. The van der Waals surface area contributed by atoms with E-state index in [-0.39, 0.29) is 27.8 Å². The van der Waals surface area contributed by atoms with Crippen LogP contribution in [0.5, 0.6) is 0 Å². The van der Waals surface area contributed by atoms with E-state index in [0.717, 1.165) is 42.5 Å². The van der Waals surface area contributed by atoms with Crippen molar-refractivity contribution in [2.24, 2.45) is 0 Å². The molecule has 3 rings (SSSR count). The molecule has 1 unspecified atom stereocenters. The summed E-state index contributed by atoms with van der Waals surface area (Å²) < 4.78 is 41.3. The molecule has 0 radical (unpaired) electrons. The molecule has 24 heavy (non-hydrogen) atoms. The average molecular weight is 436 g/mol. The number of hydrogen-bond acceptors (Lipinski definition) is 3. The van der Waals surface area contributed by atoms with Gasteiger partial charge in [-0.15, -0.1) is 12.4 Å². The fraction of sp³-hybridized carbons (Fsp3) is 0.250. The van der Waals surface area contributed by atoms with Crippen LogP contribution < -0.4 is 10.5 Å². The molecule has 130 valence electrons. The van der Waals surface area contributed by atoms with E-state index in [1.165, 1.54) is 6.07 Å². The number of fused-ring (bicyclic) bond motifs is 1. The highest BCUT2D eigenvalue weighted by Crippen LogP contribution is 2.33. The molecular formula is C16H17BrClFN2O2S. The first-order chi connectivity index (χ1) is 10.9. The van der Waals surface area contributed by atoms with Gasteiger partial charge in [0.15, 0.2) is 0 Å². The normalized spacial score (nSPS) is 17.0. The highest BCUT2D eigenvalue weighted by atomic mass is 79.9. The van der Waals surface area contributed by atoms with Crippen molar-refractivity contribution in [3.8, 4) is 0 Å². The van der Waals surface area contributed by atoms with Crippen LogP contribution in [0, 0.1) is 5.82 Å². The van der Waals surface area contributed by atoms with Gasteiger partial charge in [-0.1, -0.05) is 6.07 Å². The Bertz CT molecular complexity index is 861. The van der Waals surface area contributed by atoms with Crippen LogP contribution in [-0.4, -0.2) is 8.42 Å². The van der Waals surface area contributed by atoms with Crippen LogP contribution in [0.15, 0.2) is 45.8 Å². The molecule has 1 aliphatic rings. The number of aryl methyl sites for hydroxylation is 1. The van der Waals surface area contributed by atoms with Crippen molar-refractivity contribution in [1.82, 2.24) is 4.72 Å². The number of benzene rings is 2. The summed E-state index contributed by atoms with van der Waals surface area (Å²) in [5.41, 5.74) is 8.50. The van der Waals surface area contributed by atoms with Gasteiger partial charge in [-0.3, -0.25) is 0 Å². The lowest BCUT2D eigenvalue weighted by Crippen LogP contribution is -2.31. The zero-order chi connectivity index (χ0) is 16.6. The van der Waals surface area contributed by atoms with Gasteiger partial charge in [-0.2, -0.15) is 0 Å². The van der Waals surface area contributed by atoms with E-state index in [1.807, 2.05) is 12.1 Å². The van der Waals surface area contributed by atoms with Crippen molar-refractivity contribution < 1.29 is 12.8 Å². The Hall–Kier alpha value is -1.15. The maximum Gasteiger partial charge on any atom is 0.242 e. The van der Waals surface area contributed by atoms with Crippen molar-refractivity contribution in [1.29, 1.82) is 0 Å². The minimum absolute atomic E-state index is 0. The lowest BCUT2D eigenvalue weighted by atomic mass is 9.88. The fourth-order valence-electron chi connectivity index (χ4n) is 2.90. The number of nitrogens with one attached hydrogen (secondary N) is 1. The van der Waals surface area contributed by atoms with Crippen molar-refractivity contribution in [3.05, 3.63) is 57.8 Å². The highest BCUT2D eigenvalue weighted by molar-refractivity contribution is 9.10. The van der Waals surface area contributed by atoms with Gasteiger partial charge in [-0.05, 0) is 76.7 Å². The molecule has 0 saturated heterocycles. The number of anilines is 1. The van der Waals surface area contributed by atoms with Crippen molar-refractivity contribution in [2.45, 2.75) is 30.2 Å². The number of hydrogen-bond donors (Lipinski definition) is 2. The second kappa shape index (κ2) is 7.39. The fourth-order valence-corrected chi connectivity index (χ4v) is 5.20. The van der Waals surface area contributed by atoms with Gasteiger partial charge in [0.05, 0.1) is 4.90 Å². The number of rotatable bonds is 3. The Kier molecular flexibility index (Phi) is 5.91. The van der Waals surface area contributed by atoms with Crippen LogP contribution >= 0.6 is 28.3 Å². The number of nitrogens with two attached hydrogens (primary N) is 1. The van der Waals surface area contributed by atoms with E-state index < -0.39 is 15.8 Å². The third-order valence-corrected chi connectivity index (χ3v) is 6.41. The average Bonchev–Trinajstić information content (AvgIpc) is 2.46. The molecule has 0 aromatic heterocycles. The standard InChI is InChI=1S/C16H16BrFN2O2S.ClH/c17-14-9-11(18)4-7-16(14)23(21,22)20-15-3-1-2-10-8-12(19)5-6-13(10)15;/h4-9,15,20H,1-3,19H2;1H. The van der Waals surface area contributed by atoms with E-state index in [4.69, 9.17) is 5.73 Å². The Morgan fingerprint density at radius 2 is 1.96 bits per heavy atom. The summed E-state index contributed by atoms with van der Waals surface area (Å²) in [4.78, 5) is 0.0291. The number of sulfonamides is 1. The van der Waals surface area contributed by atoms with Crippen molar-refractivity contribution in [2.75, 3.05) is 5.73 Å². The first-order valence-corrected chi connectivity index (χ1v) is 9.50. The zero-order valence-electron chi connectivity index (χ0n) is 12.6. The van der Waals surface area contributed by atoms with Crippen LogP contribution in [0.2, 0.25) is 0 Å². The van der Waals surface area contributed by atoms with E-state index >= 15 is 0 Å². The molecule has 0 saturated carbocycles. The molecule has 0 fully saturated rings. The first-order valence-electron chi connectivity index (χ1n) is 7.22. The van der Waals surface area contributed by atoms with E-state index in [0.29, 0.717) is 5.69 Å². The van der Waals surface area contributed by atoms with Gasteiger partial charge in [-0.25, -0.2) is 17.5 Å². The van der Waals surface area contributed by atoms with Gasteiger partial charge < -0.3 is 5.73 Å². The van der Waals surface area contributed by atoms with Crippen LogP contribution in [0.25, 0.3) is 0 Å². The summed E-state index contributed by atoms with van der Waals surface area (Å²) >= 11 is 3.11. The van der Waals surface area contributed by atoms with Crippen LogP contribution in [0.4, 0.5) is 10.1 Å². The van der Waals surface area contributed by atoms with Crippen molar-refractivity contribution >= 4 is 44.0 Å². The topological polar surface area (TPSA) is 72.2 Å². The highest BCUT2D eigenvalue weighted by Gasteiger charge is 2.27. The molecule has 0 spiro atoms. The smallest absolute Gasteiger partial charge is 0.242 e. The number of nitrogen functional groups attached to an aromatic ring is 1. The Morgan fingerprint density at radius 3 is 2.67 bits per heavy atom. The minimum atomic E-state index is -3.75. The van der Waals surface area contributed by atoms with Gasteiger partial charge >= 0.3 is 0 Å². The summed E-state index contributed by atoms with van der Waals surface area (Å²) in [7, 11) is -3.75. The SMILES string of the molecule is Cl.Nc1ccc2c(c1)CCCC2NS(=O)(=O)c1ccc(F)cc1Br. The maximum absolute atomic E-state index is 13.2. The summed E-state index contributed by atoms with van der Waals surface area (Å²) in [6.07, 6.45) is 2.49. The molecule has 3 N–H and O–H groups in total. The second-order valence-corrected chi connectivity index (χ2v) is 8.14. The summed E-state index contributed by atoms with van der Waals surface area (Å²) in [6.45, 7) is 0. The van der Waals surface area contributed by atoms with Gasteiger partial charge in [0.2, 0.25) is 10.0 Å². The number of halogens is 3. The molecule has 1 atom stereocenters. The summed E-state index contributed by atoms with van der Waals surface area (Å²) in [5.74, 6) is -0.491. The van der Waals surface area contributed by atoms with Crippen LogP contribution in [0.3, 0.4) is 0 Å². The first kappa shape index (κ1) is 19.2.